The minimum absolute atomic E-state index is 0.0284. The van der Waals surface area contributed by atoms with Crippen LogP contribution >= 0.6 is 0 Å². The Bertz CT molecular complexity index is 692. The molecule has 0 aromatic heterocycles. The second kappa shape index (κ2) is 9.22. The van der Waals surface area contributed by atoms with Crippen LogP contribution in [0.5, 0.6) is 0 Å². The molecule has 1 fully saturated rings. The van der Waals surface area contributed by atoms with Crippen LogP contribution < -0.4 is 10.6 Å². The first kappa shape index (κ1) is 19.8. The van der Waals surface area contributed by atoms with Gasteiger partial charge in [0.2, 0.25) is 0 Å². The SMILES string of the molecule is N#C/C(=C/NCCN1CCOCC1)C(=O)Nc1cccc(C(F)(F)F)c1. The number of ether oxygens (including phenoxy) is 1. The van der Waals surface area contributed by atoms with Crippen LogP contribution in [0.1, 0.15) is 5.56 Å². The normalized spacial score (nSPS) is 16.0. The minimum atomic E-state index is -4.50. The van der Waals surface area contributed by atoms with E-state index in [0.29, 0.717) is 19.8 Å². The Morgan fingerprint density at radius 1 is 1.35 bits per heavy atom. The average molecular weight is 368 g/mol. The molecule has 1 aromatic carbocycles. The quantitative estimate of drug-likeness (QED) is 0.456. The second-order valence-corrected chi connectivity index (χ2v) is 5.61. The van der Waals surface area contributed by atoms with E-state index in [4.69, 9.17) is 10.00 Å². The Morgan fingerprint density at radius 2 is 2.08 bits per heavy atom. The van der Waals surface area contributed by atoms with Crippen molar-refractivity contribution in [3.05, 3.63) is 41.6 Å². The molecule has 0 bridgehead atoms. The average Bonchev–Trinajstić information content (AvgIpc) is 2.62. The number of nitriles is 1. The monoisotopic (exact) mass is 368 g/mol. The Hall–Kier alpha value is -2.57. The first-order chi connectivity index (χ1) is 12.4. The van der Waals surface area contributed by atoms with Gasteiger partial charge in [-0.25, -0.2) is 0 Å². The number of hydrogen-bond acceptors (Lipinski definition) is 5. The van der Waals surface area contributed by atoms with Crippen molar-refractivity contribution in [3.63, 3.8) is 0 Å². The summed E-state index contributed by atoms with van der Waals surface area (Å²) in [6.07, 6.45) is -3.24. The van der Waals surface area contributed by atoms with Crippen LogP contribution in [-0.2, 0) is 15.7 Å². The summed E-state index contributed by atoms with van der Waals surface area (Å²) in [5.74, 6) is -0.773. The summed E-state index contributed by atoms with van der Waals surface area (Å²) >= 11 is 0. The van der Waals surface area contributed by atoms with Crippen LogP contribution in [0.3, 0.4) is 0 Å². The van der Waals surface area contributed by atoms with Crippen molar-refractivity contribution in [1.82, 2.24) is 10.2 Å². The molecule has 2 N–H and O–H groups in total. The third-order valence-electron chi connectivity index (χ3n) is 3.74. The molecule has 1 aliphatic heterocycles. The molecule has 26 heavy (non-hydrogen) atoms. The van der Waals surface area contributed by atoms with E-state index >= 15 is 0 Å². The Labute approximate surface area is 149 Å². The van der Waals surface area contributed by atoms with Gasteiger partial charge in [-0.2, -0.15) is 18.4 Å². The molecule has 1 aromatic rings. The molecule has 0 saturated carbocycles. The van der Waals surface area contributed by atoms with E-state index in [0.717, 1.165) is 31.8 Å². The highest BCUT2D eigenvalue weighted by molar-refractivity contribution is 6.06. The summed E-state index contributed by atoms with van der Waals surface area (Å²) in [5, 5.41) is 14.3. The number of halogens is 3. The third kappa shape index (κ3) is 6.06. The predicted octanol–water partition coefficient (Wildman–Crippen LogP) is 1.97. The summed E-state index contributed by atoms with van der Waals surface area (Å²) in [6.45, 7) is 4.27. The fraction of sp³-hybridized carbons (Fsp3) is 0.412. The highest BCUT2D eigenvalue weighted by Gasteiger charge is 2.30. The van der Waals surface area contributed by atoms with Gasteiger partial charge in [0, 0.05) is 38.1 Å². The highest BCUT2D eigenvalue weighted by Crippen LogP contribution is 2.30. The van der Waals surface area contributed by atoms with Gasteiger partial charge in [-0.1, -0.05) is 6.07 Å². The van der Waals surface area contributed by atoms with E-state index in [-0.39, 0.29) is 11.3 Å². The maximum atomic E-state index is 12.7. The van der Waals surface area contributed by atoms with Crippen molar-refractivity contribution in [3.8, 4) is 6.07 Å². The third-order valence-corrected chi connectivity index (χ3v) is 3.74. The number of nitrogens with zero attached hydrogens (tertiary/aromatic N) is 2. The molecule has 9 heteroatoms. The zero-order chi connectivity index (χ0) is 19.0. The van der Waals surface area contributed by atoms with Crippen molar-refractivity contribution >= 4 is 11.6 Å². The number of carbonyl (C=O) groups is 1. The summed E-state index contributed by atoms with van der Waals surface area (Å²) in [6, 6.07) is 5.98. The van der Waals surface area contributed by atoms with Gasteiger partial charge >= 0.3 is 6.18 Å². The van der Waals surface area contributed by atoms with E-state index in [1.54, 1.807) is 6.07 Å². The fourth-order valence-corrected chi connectivity index (χ4v) is 2.34. The van der Waals surface area contributed by atoms with Crippen LogP contribution in [0.25, 0.3) is 0 Å². The lowest BCUT2D eigenvalue weighted by Crippen LogP contribution is -2.39. The largest absolute Gasteiger partial charge is 0.416 e. The van der Waals surface area contributed by atoms with E-state index < -0.39 is 17.6 Å². The molecule has 1 saturated heterocycles. The number of rotatable bonds is 6. The topological polar surface area (TPSA) is 77.4 Å². The molecule has 140 valence electrons. The van der Waals surface area contributed by atoms with Gasteiger partial charge in [0.15, 0.2) is 0 Å². The summed E-state index contributed by atoms with van der Waals surface area (Å²) in [7, 11) is 0. The lowest BCUT2D eigenvalue weighted by atomic mass is 10.2. The maximum Gasteiger partial charge on any atom is 0.416 e. The molecule has 6 nitrogen and oxygen atoms in total. The van der Waals surface area contributed by atoms with Crippen LogP contribution in [0.2, 0.25) is 0 Å². The van der Waals surface area contributed by atoms with Gasteiger partial charge in [0.05, 0.1) is 18.8 Å². The summed E-state index contributed by atoms with van der Waals surface area (Å²) in [5.41, 5.74) is -1.12. The molecular formula is C17H19F3N4O2. The predicted molar refractivity (Wildman–Crippen MR) is 89.0 cm³/mol. The van der Waals surface area contributed by atoms with Gasteiger partial charge in [-0.3, -0.25) is 9.69 Å². The Morgan fingerprint density at radius 3 is 2.73 bits per heavy atom. The fourth-order valence-electron chi connectivity index (χ4n) is 2.34. The number of carbonyl (C=O) groups excluding carboxylic acids is 1. The molecule has 1 aliphatic rings. The maximum absolute atomic E-state index is 12.7. The number of nitrogens with one attached hydrogen (secondary N) is 2. The van der Waals surface area contributed by atoms with Crippen LogP contribution in [-0.4, -0.2) is 50.2 Å². The van der Waals surface area contributed by atoms with Crippen LogP contribution in [0.15, 0.2) is 36.0 Å². The smallest absolute Gasteiger partial charge is 0.388 e. The Kier molecular flexibility index (Phi) is 7.00. The van der Waals surface area contributed by atoms with Crippen molar-refractivity contribution in [1.29, 1.82) is 5.26 Å². The van der Waals surface area contributed by atoms with Crippen molar-refractivity contribution in [2.75, 3.05) is 44.7 Å². The molecule has 0 atom stereocenters. The van der Waals surface area contributed by atoms with Gasteiger partial charge in [-0.15, -0.1) is 0 Å². The van der Waals surface area contributed by atoms with Crippen LogP contribution in [0, 0.1) is 11.3 Å². The molecule has 2 rings (SSSR count). The number of alkyl halides is 3. The highest BCUT2D eigenvalue weighted by atomic mass is 19.4. The molecule has 0 aliphatic carbocycles. The molecule has 1 amide bonds. The molecular weight excluding hydrogens is 349 g/mol. The lowest BCUT2D eigenvalue weighted by Gasteiger charge is -2.26. The van der Waals surface area contributed by atoms with Gasteiger partial charge in [0.1, 0.15) is 11.6 Å². The van der Waals surface area contributed by atoms with Crippen LogP contribution in [0.4, 0.5) is 18.9 Å². The lowest BCUT2D eigenvalue weighted by molar-refractivity contribution is -0.137. The molecule has 0 spiro atoms. The van der Waals surface area contributed by atoms with E-state index in [1.165, 1.54) is 18.3 Å². The van der Waals surface area contributed by atoms with Crippen molar-refractivity contribution < 1.29 is 22.7 Å². The van der Waals surface area contributed by atoms with Gasteiger partial charge in [0.25, 0.3) is 5.91 Å². The second-order valence-electron chi connectivity index (χ2n) is 5.61. The number of anilines is 1. The molecule has 1 heterocycles. The minimum Gasteiger partial charge on any atom is -0.388 e. The summed E-state index contributed by atoms with van der Waals surface area (Å²) in [4.78, 5) is 14.2. The molecule has 0 radical (unpaired) electrons. The van der Waals surface area contributed by atoms with Gasteiger partial charge in [-0.05, 0) is 18.2 Å². The van der Waals surface area contributed by atoms with Crippen molar-refractivity contribution in [2.24, 2.45) is 0 Å². The van der Waals surface area contributed by atoms with E-state index in [1.807, 2.05) is 0 Å². The number of amides is 1. The van der Waals surface area contributed by atoms with E-state index in [9.17, 15) is 18.0 Å². The number of hydrogen-bond donors (Lipinski definition) is 2. The first-order valence-corrected chi connectivity index (χ1v) is 8.02. The first-order valence-electron chi connectivity index (χ1n) is 8.02. The number of morpholine rings is 1. The van der Waals surface area contributed by atoms with E-state index in [2.05, 4.69) is 15.5 Å². The standard InChI is InChI=1S/C17H19F3N4O2/c18-17(19,20)14-2-1-3-15(10-14)23-16(25)13(11-21)12-22-4-5-24-6-8-26-9-7-24/h1-3,10,12,22H,4-9H2,(H,23,25)/b13-12-. The summed E-state index contributed by atoms with van der Waals surface area (Å²) < 4.78 is 43.3. The van der Waals surface area contributed by atoms with Gasteiger partial charge < -0.3 is 15.4 Å². The zero-order valence-corrected chi connectivity index (χ0v) is 14.0. The molecule has 0 unspecified atom stereocenters. The Balaban J connectivity index is 1.88. The van der Waals surface area contributed by atoms with Crippen molar-refractivity contribution in [2.45, 2.75) is 6.18 Å². The zero-order valence-electron chi connectivity index (χ0n) is 14.0. The number of benzene rings is 1.